The lowest BCUT2D eigenvalue weighted by atomic mass is 10.1. The Kier molecular flexibility index (Phi) is 5.27. The van der Waals surface area contributed by atoms with Crippen LogP contribution in [0.25, 0.3) is 0 Å². The molecule has 2 rings (SSSR count). The van der Waals surface area contributed by atoms with Crippen molar-refractivity contribution in [2.75, 3.05) is 5.32 Å². The first kappa shape index (κ1) is 15.7. The van der Waals surface area contributed by atoms with E-state index in [1.807, 2.05) is 19.1 Å². The summed E-state index contributed by atoms with van der Waals surface area (Å²) in [6.07, 6.45) is 0. The average Bonchev–Trinajstić information content (AvgIpc) is 2.52. The van der Waals surface area contributed by atoms with Crippen LogP contribution in [-0.2, 0) is 22.7 Å². The number of carbonyl (C=O) groups is 2. The Balaban J connectivity index is 1.93. The number of aliphatic hydroxyl groups is 1. The molecule has 0 heterocycles. The van der Waals surface area contributed by atoms with Crippen LogP contribution in [0.15, 0.2) is 48.5 Å². The number of aliphatic hydroxyl groups excluding tert-OH is 1. The van der Waals surface area contributed by atoms with Crippen molar-refractivity contribution in [3.63, 3.8) is 0 Å². The van der Waals surface area contributed by atoms with Crippen LogP contribution in [0.2, 0.25) is 0 Å². The van der Waals surface area contributed by atoms with Gasteiger partial charge in [0.25, 0.3) is 0 Å². The van der Waals surface area contributed by atoms with Crippen LogP contribution in [0.1, 0.15) is 16.7 Å². The second-order valence-electron chi connectivity index (χ2n) is 4.93. The van der Waals surface area contributed by atoms with Crippen LogP contribution in [-0.4, -0.2) is 16.9 Å². The smallest absolute Gasteiger partial charge is 0.313 e. The molecule has 5 nitrogen and oxygen atoms in total. The fraction of sp³-hybridized carbons (Fsp3) is 0.176. The Hall–Kier alpha value is -2.66. The third-order valence-electron chi connectivity index (χ3n) is 3.21. The Morgan fingerprint density at radius 3 is 2.41 bits per heavy atom. The van der Waals surface area contributed by atoms with E-state index in [-0.39, 0.29) is 13.2 Å². The van der Waals surface area contributed by atoms with Gasteiger partial charge >= 0.3 is 11.8 Å². The van der Waals surface area contributed by atoms with Crippen molar-refractivity contribution in [2.24, 2.45) is 0 Å². The number of hydrogen-bond donors (Lipinski definition) is 3. The largest absolute Gasteiger partial charge is 0.392 e. The maximum absolute atomic E-state index is 11.8. The fourth-order valence-corrected chi connectivity index (χ4v) is 2.05. The van der Waals surface area contributed by atoms with Crippen LogP contribution in [0.3, 0.4) is 0 Å². The van der Waals surface area contributed by atoms with Gasteiger partial charge < -0.3 is 15.7 Å². The van der Waals surface area contributed by atoms with Crippen molar-refractivity contribution >= 4 is 17.5 Å². The number of amides is 2. The number of carbonyl (C=O) groups excluding carboxylic acids is 2. The number of benzene rings is 2. The molecule has 0 aliphatic heterocycles. The SMILES string of the molecule is Cc1cccc(NC(=O)C(=O)NCc2ccccc2CO)c1. The van der Waals surface area contributed by atoms with Gasteiger partial charge in [-0.25, -0.2) is 0 Å². The summed E-state index contributed by atoms with van der Waals surface area (Å²) in [5.41, 5.74) is 3.08. The molecule has 0 aromatic heterocycles. The van der Waals surface area contributed by atoms with E-state index in [2.05, 4.69) is 10.6 Å². The van der Waals surface area contributed by atoms with Gasteiger partial charge in [-0.2, -0.15) is 0 Å². The molecule has 0 atom stereocenters. The Morgan fingerprint density at radius 2 is 1.73 bits per heavy atom. The minimum atomic E-state index is -0.716. The van der Waals surface area contributed by atoms with Gasteiger partial charge in [0.2, 0.25) is 0 Å². The van der Waals surface area contributed by atoms with Gasteiger partial charge in [-0.1, -0.05) is 36.4 Å². The molecule has 114 valence electrons. The lowest BCUT2D eigenvalue weighted by Crippen LogP contribution is -2.35. The molecule has 3 N–H and O–H groups in total. The maximum Gasteiger partial charge on any atom is 0.313 e. The molecule has 2 aromatic rings. The van der Waals surface area contributed by atoms with Gasteiger partial charge in [0.1, 0.15) is 0 Å². The molecule has 0 saturated carbocycles. The van der Waals surface area contributed by atoms with Gasteiger partial charge in [-0.15, -0.1) is 0 Å². The van der Waals surface area contributed by atoms with E-state index in [9.17, 15) is 14.7 Å². The Labute approximate surface area is 129 Å². The van der Waals surface area contributed by atoms with Crippen molar-refractivity contribution in [1.82, 2.24) is 5.32 Å². The number of rotatable bonds is 4. The van der Waals surface area contributed by atoms with E-state index in [4.69, 9.17) is 0 Å². The van der Waals surface area contributed by atoms with Crippen molar-refractivity contribution < 1.29 is 14.7 Å². The summed E-state index contributed by atoms with van der Waals surface area (Å²) >= 11 is 0. The molecule has 0 saturated heterocycles. The molecule has 0 unspecified atom stereocenters. The standard InChI is InChI=1S/C17H18N2O3/c1-12-5-4-8-15(9-12)19-17(22)16(21)18-10-13-6-2-3-7-14(13)11-20/h2-9,20H,10-11H2,1H3,(H,18,21)(H,19,22). The Bertz CT molecular complexity index is 683. The second kappa shape index (κ2) is 7.38. The van der Waals surface area contributed by atoms with E-state index >= 15 is 0 Å². The molecule has 2 amide bonds. The van der Waals surface area contributed by atoms with Gasteiger partial charge in [-0.3, -0.25) is 9.59 Å². The van der Waals surface area contributed by atoms with Crippen LogP contribution in [0.4, 0.5) is 5.69 Å². The highest BCUT2D eigenvalue weighted by molar-refractivity contribution is 6.39. The molecule has 0 radical (unpaired) electrons. The summed E-state index contributed by atoms with van der Waals surface area (Å²) in [6, 6.07) is 14.4. The molecule has 0 aliphatic carbocycles. The molecule has 0 fully saturated rings. The lowest BCUT2D eigenvalue weighted by molar-refractivity contribution is -0.136. The minimum Gasteiger partial charge on any atom is -0.392 e. The molecule has 22 heavy (non-hydrogen) atoms. The quantitative estimate of drug-likeness (QED) is 0.752. The third kappa shape index (κ3) is 4.17. The van der Waals surface area contributed by atoms with Crippen molar-refractivity contribution in [3.8, 4) is 0 Å². The summed E-state index contributed by atoms with van der Waals surface area (Å²) in [7, 11) is 0. The van der Waals surface area contributed by atoms with Gasteiger partial charge in [0.05, 0.1) is 6.61 Å². The zero-order valence-corrected chi connectivity index (χ0v) is 12.3. The van der Waals surface area contributed by atoms with Crippen LogP contribution in [0, 0.1) is 6.92 Å². The van der Waals surface area contributed by atoms with Gasteiger partial charge in [0.15, 0.2) is 0 Å². The zero-order chi connectivity index (χ0) is 15.9. The van der Waals surface area contributed by atoms with E-state index in [0.29, 0.717) is 5.69 Å². The molecule has 0 bridgehead atoms. The number of nitrogens with one attached hydrogen (secondary N) is 2. The van der Waals surface area contributed by atoms with Crippen LogP contribution in [0.5, 0.6) is 0 Å². The fourth-order valence-electron chi connectivity index (χ4n) is 2.05. The summed E-state index contributed by atoms with van der Waals surface area (Å²) in [5, 5.41) is 14.3. The summed E-state index contributed by atoms with van der Waals surface area (Å²) in [6.45, 7) is 1.99. The average molecular weight is 298 g/mol. The van der Waals surface area contributed by atoms with E-state index < -0.39 is 11.8 Å². The topological polar surface area (TPSA) is 78.4 Å². The van der Waals surface area contributed by atoms with Crippen LogP contribution >= 0.6 is 0 Å². The van der Waals surface area contributed by atoms with E-state index in [1.165, 1.54) is 0 Å². The normalized spacial score (nSPS) is 10.1. The first-order valence-corrected chi connectivity index (χ1v) is 6.93. The van der Waals surface area contributed by atoms with Crippen molar-refractivity contribution in [3.05, 3.63) is 65.2 Å². The summed E-state index contributed by atoms with van der Waals surface area (Å²) in [4.78, 5) is 23.6. The monoisotopic (exact) mass is 298 g/mol. The summed E-state index contributed by atoms with van der Waals surface area (Å²) in [5.74, 6) is -1.43. The number of hydrogen-bond acceptors (Lipinski definition) is 3. The van der Waals surface area contributed by atoms with Gasteiger partial charge in [-0.05, 0) is 35.7 Å². The molecular formula is C17H18N2O3. The molecule has 0 aliphatic rings. The maximum atomic E-state index is 11.8. The third-order valence-corrected chi connectivity index (χ3v) is 3.21. The number of anilines is 1. The van der Waals surface area contributed by atoms with E-state index in [1.54, 1.807) is 36.4 Å². The molecule has 0 spiro atoms. The first-order chi connectivity index (χ1) is 10.6. The minimum absolute atomic E-state index is 0.110. The first-order valence-electron chi connectivity index (χ1n) is 6.93. The highest BCUT2D eigenvalue weighted by Gasteiger charge is 2.13. The highest BCUT2D eigenvalue weighted by atomic mass is 16.3. The number of aryl methyl sites for hydroxylation is 1. The summed E-state index contributed by atoms with van der Waals surface area (Å²) < 4.78 is 0. The predicted molar refractivity (Wildman–Crippen MR) is 84.0 cm³/mol. The van der Waals surface area contributed by atoms with Crippen molar-refractivity contribution in [1.29, 1.82) is 0 Å². The zero-order valence-electron chi connectivity index (χ0n) is 12.3. The Morgan fingerprint density at radius 1 is 1.00 bits per heavy atom. The van der Waals surface area contributed by atoms with Crippen LogP contribution < -0.4 is 10.6 Å². The molecule has 5 heteroatoms. The molecule has 2 aromatic carbocycles. The van der Waals surface area contributed by atoms with E-state index in [0.717, 1.165) is 16.7 Å². The lowest BCUT2D eigenvalue weighted by Gasteiger charge is -2.09. The second-order valence-corrected chi connectivity index (χ2v) is 4.93. The molecular weight excluding hydrogens is 280 g/mol. The predicted octanol–water partition coefficient (Wildman–Crippen LogP) is 1.74. The highest BCUT2D eigenvalue weighted by Crippen LogP contribution is 2.10. The van der Waals surface area contributed by atoms with Crippen molar-refractivity contribution in [2.45, 2.75) is 20.1 Å². The van der Waals surface area contributed by atoms with Gasteiger partial charge in [0, 0.05) is 12.2 Å².